The summed E-state index contributed by atoms with van der Waals surface area (Å²) < 4.78 is 0. The highest BCUT2D eigenvalue weighted by atomic mass is 16.2. The Morgan fingerprint density at radius 3 is 2.63 bits per heavy atom. The molecule has 1 aliphatic rings. The molecule has 0 aromatic heterocycles. The van der Waals surface area contributed by atoms with Gasteiger partial charge in [-0.15, -0.1) is 0 Å². The van der Waals surface area contributed by atoms with Gasteiger partial charge < -0.3 is 10.6 Å². The number of carbonyl (C=O) groups excluding carboxylic acids is 2. The van der Waals surface area contributed by atoms with Gasteiger partial charge in [0, 0.05) is 13.0 Å². The van der Waals surface area contributed by atoms with Crippen molar-refractivity contribution in [2.24, 2.45) is 5.73 Å². The number of likely N-dealkylation sites (tertiary alicyclic amines) is 1. The first-order valence-electron chi connectivity index (χ1n) is 6.77. The van der Waals surface area contributed by atoms with Crippen molar-refractivity contribution in [3.8, 4) is 0 Å². The molecule has 2 amide bonds. The van der Waals surface area contributed by atoms with Crippen LogP contribution in [-0.4, -0.2) is 29.3 Å². The van der Waals surface area contributed by atoms with Gasteiger partial charge in [-0.25, -0.2) is 0 Å². The van der Waals surface area contributed by atoms with Crippen molar-refractivity contribution in [1.82, 2.24) is 4.90 Å². The van der Waals surface area contributed by atoms with Gasteiger partial charge in [0.25, 0.3) is 0 Å². The molecular formula is C15H20N2O2. The number of piperidine rings is 1. The number of nitrogens with zero attached hydrogens (tertiary/aromatic N) is 1. The highest BCUT2D eigenvalue weighted by molar-refractivity contribution is 5.87. The van der Waals surface area contributed by atoms with Crippen molar-refractivity contribution in [1.29, 1.82) is 0 Å². The van der Waals surface area contributed by atoms with E-state index in [0.29, 0.717) is 19.4 Å². The second kappa shape index (κ2) is 5.87. The zero-order valence-electron chi connectivity index (χ0n) is 11.2. The van der Waals surface area contributed by atoms with Crippen molar-refractivity contribution < 1.29 is 9.59 Å². The fraction of sp³-hybridized carbons (Fsp3) is 0.467. The lowest BCUT2D eigenvalue weighted by atomic mass is 9.88. The van der Waals surface area contributed by atoms with E-state index in [9.17, 15) is 9.59 Å². The Bertz CT molecular complexity index is 458. The summed E-state index contributed by atoms with van der Waals surface area (Å²) >= 11 is 0. The maximum Gasteiger partial charge on any atom is 0.240 e. The van der Waals surface area contributed by atoms with Gasteiger partial charge in [-0.05, 0) is 24.3 Å². The minimum atomic E-state index is -0.454. The van der Waals surface area contributed by atoms with E-state index >= 15 is 0 Å². The molecule has 0 saturated carbocycles. The molecule has 0 spiro atoms. The lowest BCUT2D eigenvalue weighted by Gasteiger charge is -2.35. The summed E-state index contributed by atoms with van der Waals surface area (Å²) in [6, 6.07) is 9.61. The summed E-state index contributed by atoms with van der Waals surface area (Å²) in [6.07, 6.45) is 1.93. The van der Waals surface area contributed by atoms with Crippen molar-refractivity contribution in [2.75, 3.05) is 6.54 Å². The van der Waals surface area contributed by atoms with Crippen molar-refractivity contribution in [3.63, 3.8) is 0 Å². The molecule has 2 atom stereocenters. The van der Waals surface area contributed by atoms with Crippen LogP contribution < -0.4 is 5.73 Å². The number of hydrogen-bond donors (Lipinski definition) is 1. The SMILES string of the molecule is CCC(C(N)=O)N1CCC(c2ccccc2)CC1=O. The largest absolute Gasteiger partial charge is 0.368 e. The molecule has 1 aromatic rings. The molecule has 4 nitrogen and oxygen atoms in total. The van der Waals surface area contributed by atoms with Gasteiger partial charge in [0.2, 0.25) is 11.8 Å². The maximum absolute atomic E-state index is 12.2. The van der Waals surface area contributed by atoms with E-state index in [1.54, 1.807) is 4.90 Å². The monoisotopic (exact) mass is 260 g/mol. The third-order valence-corrected chi connectivity index (χ3v) is 3.82. The molecule has 0 aliphatic carbocycles. The summed E-state index contributed by atoms with van der Waals surface area (Å²) in [6.45, 7) is 2.49. The van der Waals surface area contributed by atoms with Crippen LogP contribution in [0, 0.1) is 0 Å². The number of nitrogens with two attached hydrogens (primary N) is 1. The van der Waals surface area contributed by atoms with Crippen LogP contribution in [0.15, 0.2) is 30.3 Å². The number of hydrogen-bond acceptors (Lipinski definition) is 2. The van der Waals surface area contributed by atoms with Gasteiger partial charge in [0.1, 0.15) is 6.04 Å². The van der Waals surface area contributed by atoms with E-state index in [-0.39, 0.29) is 11.8 Å². The fourth-order valence-corrected chi connectivity index (χ4v) is 2.76. The third-order valence-electron chi connectivity index (χ3n) is 3.82. The summed E-state index contributed by atoms with van der Waals surface area (Å²) in [5.41, 5.74) is 6.55. The van der Waals surface area contributed by atoms with Gasteiger partial charge in [-0.1, -0.05) is 37.3 Å². The van der Waals surface area contributed by atoms with Crippen LogP contribution in [0.3, 0.4) is 0 Å². The number of primary amides is 1. The second-order valence-electron chi connectivity index (χ2n) is 5.01. The molecule has 1 heterocycles. The molecular weight excluding hydrogens is 240 g/mol. The minimum absolute atomic E-state index is 0.0331. The van der Waals surface area contributed by atoms with Gasteiger partial charge >= 0.3 is 0 Å². The van der Waals surface area contributed by atoms with E-state index < -0.39 is 11.9 Å². The zero-order valence-corrected chi connectivity index (χ0v) is 11.2. The second-order valence-corrected chi connectivity index (χ2v) is 5.01. The molecule has 0 bridgehead atoms. The Balaban J connectivity index is 2.06. The van der Waals surface area contributed by atoms with E-state index in [4.69, 9.17) is 5.73 Å². The van der Waals surface area contributed by atoms with E-state index in [2.05, 4.69) is 12.1 Å². The molecule has 2 rings (SSSR count). The zero-order chi connectivity index (χ0) is 13.8. The normalized spacial score (nSPS) is 21.2. The Morgan fingerprint density at radius 1 is 1.42 bits per heavy atom. The predicted octanol–water partition coefficient (Wildman–Crippen LogP) is 1.66. The summed E-state index contributed by atoms with van der Waals surface area (Å²) in [4.78, 5) is 25.2. The molecule has 1 aliphatic heterocycles. The Kier molecular flexibility index (Phi) is 4.20. The van der Waals surface area contributed by atoms with Crippen LogP contribution in [0.1, 0.15) is 37.7 Å². The van der Waals surface area contributed by atoms with E-state index in [0.717, 1.165) is 6.42 Å². The molecule has 2 unspecified atom stereocenters. The van der Waals surface area contributed by atoms with Crippen LogP contribution in [-0.2, 0) is 9.59 Å². The first kappa shape index (κ1) is 13.6. The molecule has 1 fully saturated rings. The number of rotatable bonds is 4. The summed E-state index contributed by atoms with van der Waals surface area (Å²) in [5.74, 6) is -0.116. The third kappa shape index (κ3) is 2.95. The maximum atomic E-state index is 12.2. The number of benzene rings is 1. The lowest BCUT2D eigenvalue weighted by molar-refractivity contribution is -0.142. The summed E-state index contributed by atoms with van der Waals surface area (Å²) in [7, 11) is 0. The Morgan fingerprint density at radius 2 is 2.11 bits per heavy atom. The predicted molar refractivity (Wildman–Crippen MR) is 73.4 cm³/mol. The quantitative estimate of drug-likeness (QED) is 0.894. The van der Waals surface area contributed by atoms with Crippen LogP contribution in [0.5, 0.6) is 0 Å². The summed E-state index contributed by atoms with van der Waals surface area (Å²) in [5, 5.41) is 0. The number of carbonyl (C=O) groups is 2. The Labute approximate surface area is 113 Å². The molecule has 4 heteroatoms. The minimum Gasteiger partial charge on any atom is -0.368 e. The fourth-order valence-electron chi connectivity index (χ4n) is 2.76. The van der Waals surface area contributed by atoms with Crippen LogP contribution in [0.4, 0.5) is 0 Å². The van der Waals surface area contributed by atoms with Crippen molar-refractivity contribution >= 4 is 11.8 Å². The highest BCUT2D eigenvalue weighted by Gasteiger charge is 2.32. The first-order chi connectivity index (χ1) is 9.13. The van der Waals surface area contributed by atoms with Crippen LogP contribution >= 0.6 is 0 Å². The first-order valence-corrected chi connectivity index (χ1v) is 6.77. The molecule has 19 heavy (non-hydrogen) atoms. The molecule has 0 radical (unpaired) electrons. The van der Waals surface area contributed by atoms with Gasteiger partial charge in [-0.3, -0.25) is 9.59 Å². The topological polar surface area (TPSA) is 63.4 Å². The standard InChI is InChI=1S/C15H20N2O2/c1-2-13(15(16)19)17-9-8-12(10-14(17)18)11-6-4-3-5-7-11/h3-7,12-13H,2,8-10H2,1H3,(H2,16,19). The van der Waals surface area contributed by atoms with Crippen molar-refractivity contribution in [2.45, 2.75) is 38.1 Å². The molecule has 1 aromatic carbocycles. The van der Waals surface area contributed by atoms with Gasteiger partial charge in [0.05, 0.1) is 0 Å². The smallest absolute Gasteiger partial charge is 0.240 e. The molecule has 102 valence electrons. The molecule has 2 N–H and O–H groups in total. The van der Waals surface area contributed by atoms with Crippen LogP contribution in [0.25, 0.3) is 0 Å². The van der Waals surface area contributed by atoms with Gasteiger partial charge in [-0.2, -0.15) is 0 Å². The molecule has 1 saturated heterocycles. The van der Waals surface area contributed by atoms with Gasteiger partial charge in [0.15, 0.2) is 0 Å². The van der Waals surface area contributed by atoms with Crippen molar-refractivity contribution in [3.05, 3.63) is 35.9 Å². The lowest BCUT2D eigenvalue weighted by Crippen LogP contribution is -2.50. The Hall–Kier alpha value is -1.84. The van der Waals surface area contributed by atoms with Crippen LogP contribution in [0.2, 0.25) is 0 Å². The van der Waals surface area contributed by atoms with E-state index in [1.807, 2.05) is 25.1 Å². The average molecular weight is 260 g/mol. The number of amides is 2. The van der Waals surface area contributed by atoms with E-state index in [1.165, 1.54) is 5.56 Å². The highest BCUT2D eigenvalue weighted by Crippen LogP contribution is 2.29. The average Bonchev–Trinajstić information content (AvgIpc) is 2.42.